The van der Waals surface area contributed by atoms with E-state index in [1.807, 2.05) is 6.08 Å². The van der Waals surface area contributed by atoms with Gasteiger partial charge in [0, 0.05) is 0 Å². The highest BCUT2D eigenvalue weighted by atomic mass is 14.1. The summed E-state index contributed by atoms with van der Waals surface area (Å²) in [4.78, 5) is 0. The van der Waals surface area contributed by atoms with Gasteiger partial charge in [0.2, 0.25) is 0 Å². The zero-order chi connectivity index (χ0) is 12.1. The van der Waals surface area contributed by atoms with Crippen LogP contribution in [0.15, 0.2) is 18.7 Å². The Bertz CT molecular complexity index is 372. The molecule has 0 N–H and O–H groups in total. The highest BCUT2D eigenvalue weighted by molar-refractivity contribution is 5.43. The van der Waals surface area contributed by atoms with E-state index in [0.29, 0.717) is 0 Å². The molecule has 0 fully saturated rings. The number of unbranched alkanes of at least 4 members (excludes halogenated alkanes) is 2. The van der Waals surface area contributed by atoms with E-state index in [-0.39, 0.29) is 0 Å². The Kier molecular flexibility index (Phi) is 4.79. The summed E-state index contributed by atoms with van der Waals surface area (Å²) in [6, 6.07) is 2.32. The monoisotopic (exact) mass is 216 g/mol. The third-order valence-corrected chi connectivity index (χ3v) is 3.60. The van der Waals surface area contributed by atoms with Crippen molar-refractivity contribution in [3.63, 3.8) is 0 Å². The van der Waals surface area contributed by atoms with Crippen LogP contribution in [0.25, 0.3) is 0 Å². The first-order chi connectivity index (χ1) is 7.57. The van der Waals surface area contributed by atoms with E-state index in [4.69, 9.17) is 0 Å². The van der Waals surface area contributed by atoms with E-state index in [0.717, 1.165) is 6.42 Å². The molecule has 0 saturated carbocycles. The van der Waals surface area contributed by atoms with Crippen LogP contribution < -0.4 is 0 Å². The third-order valence-electron chi connectivity index (χ3n) is 3.60. The predicted molar refractivity (Wildman–Crippen MR) is 73.1 cm³/mol. The normalized spacial score (nSPS) is 10.5. The largest absolute Gasteiger partial charge is 0.103 e. The highest BCUT2D eigenvalue weighted by Gasteiger charge is 2.07. The van der Waals surface area contributed by atoms with Gasteiger partial charge in [0.15, 0.2) is 0 Å². The van der Waals surface area contributed by atoms with Crippen LogP contribution in [0.1, 0.15) is 47.1 Å². The summed E-state index contributed by atoms with van der Waals surface area (Å²) in [5.41, 5.74) is 7.40. The number of aryl methyl sites for hydroxylation is 2. The first kappa shape index (κ1) is 13.0. The summed E-state index contributed by atoms with van der Waals surface area (Å²) in [6.07, 6.45) is 6.90. The Morgan fingerprint density at radius 1 is 1.00 bits per heavy atom. The van der Waals surface area contributed by atoms with Gasteiger partial charge in [-0.1, -0.05) is 12.1 Å². The minimum Gasteiger partial charge on any atom is -0.103 e. The van der Waals surface area contributed by atoms with Crippen molar-refractivity contribution in [3.8, 4) is 0 Å². The molecule has 0 atom stereocenters. The molecule has 0 bridgehead atoms. The van der Waals surface area contributed by atoms with Crippen molar-refractivity contribution in [2.24, 2.45) is 0 Å². The van der Waals surface area contributed by atoms with Gasteiger partial charge in [-0.15, -0.1) is 6.58 Å². The standard InChI is InChI=1S/C16H24/c1-6-7-8-9-10-16-13(3)11-12(2)14(4)15(16)5/h6,11H,1,7-10H2,2-5H3. The molecular weight excluding hydrogens is 192 g/mol. The average molecular weight is 216 g/mol. The molecule has 1 aromatic rings. The fourth-order valence-corrected chi connectivity index (χ4v) is 2.31. The summed E-state index contributed by atoms with van der Waals surface area (Å²) < 4.78 is 0. The zero-order valence-corrected chi connectivity index (χ0v) is 11.2. The second-order valence-corrected chi connectivity index (χ2v) is 4.77. The van der Waals surface area contributed by atoms with E-state index < -0.39 is 0 Å². The molecule has 0 radical (unpaired) electrons. The lowest BCUT2D eigenvalue weighted by Crippen LogP contribution is -1.99. The molecular formula is C16H24. The van der Waals surface area contributed by atoms with Crippen molar-refractivity contribution in [3.05, 3.63) is 46.5 Å². The Balaban J connectivity index is 2.79. The molecule has 0 aliphatic rings. The molecule has 1 rings (SSSR count). The van der Waals surface area contributed by atoms with Gasteiger partial charge in [0.05, 0.1) is 0 Å². The molecule has 0 saturated heterocycles. The molecule has 0 aliphatic heterocycles. The summed E-state index contributed by atoms with van der Waals surface area (Å²) in [6.45, 7) is 12.7. The van der Waals surface area contributed by atoms with Gasteiger partial charge in [-0.05, 0) is 81.2 Å². The van der Waals surface area contributed by atoms with Crippen LogP contribution in [0.5, 0.6) is 0 Å². The van der Waals surface area contributed by atoms with Crippen molar-refractivity contribution < 1.29 is 0 Å². The Morgan fingerprint density at radius 2 is 1.69 bits per heavy atom. The lowest BCUT2D eigenvalue weighted by Gasteiger charge is -2.14. The maximum Gasteiger partial charge on any atom is -0.0273 e. The number of hydrogen-bond donors (Lipinski definition) is 0. The lowest BCUT2D eigenvalue weighted by atomic mass is 9.91. The minimum atomic E-state index is 1.14. The molecule has 0 spiro atoms. The van der Waals surface area contributed by atoms with Crippen LogP contribution in [-0.4, -0.2) is 0 Å². The van der Waals surface area contributed by atoms with E-state index >= 15 is 0 Å². The Morgan fingerprint density at radius 3 is 2.31 bits per heavy atom. The first-order valence-corrected chi connectivity index (χ1v) is 6.25. The van der Waals surface area contributed by atoms with Gasteiger partial charge in [-0.3, -0.25) is 0 Å². The number of benzene rings is 1. The topological polar surface area (TPSA) is 0 Å². The summed E-state index contributed by atoms with van der Waals surface area (Å²) >= 11 is 0. The highest BCUT2D eigenvalue weighted by Crippen LogP contribution is 2.23. The minimum absolute atomic E-state index is 1.14. The van der Waals surface area contributed by atoms with Crippen LogP contribution in [0.3, 0.4) is 0 Å². The van der Waals surface area contributed by atoms with E-state index in [1.165, 1.54) is 41.5 Å². The van der Waals surface area contributed by atoms with Crippen LogP contribution in [-0.2, 0) is 6.42 Å². The summed E-state index contributed by atoms with van der Waals surface area (Å²) in [5.74, 6) is 0. The molecule has 0 amide bonds. The van der Waals surface area contributed by atoms with Gasteiger partial charge in [-0.2, -0.15) is 0 Å². The zero-order valence-electron chi connectivity index (χ0n) is 11.2. The predicted octanol–water partition coefficient (Wildman–Crippen LogP) is 4.82. The number of allylic oxidation sites excluding steroid dienone is 1. The van der Waals surface area contributed by atoms with Crippen LogP contribution in [0, 0.1) is 27.7 Å². The molecule has 0 aliphatic carbocycles. The Labute approximate surface area is 100 Å². The summed E-state index contributed by atoms with van der Waals surface area (Å²) in [5, 5.41) is 0. The molecule has 1 aromatic carbocycles. The summed E-state index contributed by atoms with van der Waals surface area (Å²) in [7, 11) is 0. The van der Waals surface area contributed by atoms with Gasteiger partial charge < -0.3 is 0 Å². The maximum atomic E-state index is 3.77. The Hall–Kier alpha value is -1.04. The molecule has 0 heteroatoms. The fourth-order valence-electron chi connectivity index (χ4n) is 2.31. The lowest BCUT2D eigenvalue weighted by molar-refractivity contribution is 0.742. The van der Waals surface area contributed by atoms with E-state index in [9.17, 15) is 0 Å². The molecule has 16 heavy (non-hydrogen) atoms. The quantitative estimate of drug-likeness (QED) is 0.489. The molecule has 0 heterocycles. The van der Waals surface area contributed by atoms with Gasteiger partial charge in [0.25, 0.3) is 0 Å². The van der Waals surface area contributed by atoms with Crippen molar-refractivity contribution in [1.29, 1.82) is 0 Å². The van der Waals surface area contributed by atoms with E-state index in [1.54, 1.807) is 5.56 Å². The molecule has 0 aromatic heterocycles. The average Bonchev–Trinajstić information content (AvgIpc) is 2.25. The maximum absolute atomic E-state index is 3.77. The second kappa shape index (κ2) is 5.89. The van der Waals surface area contributed by atoms with E-state index in [2.05, 4.69) is 40.3 Å². The van der Waals surface area contributed by atoms with Gasteiger partial charge in [-0.25, -0.2) is 0 Å². The number of rotatable bonds is 5. The van der Waals surface area contributed by atoms with Gasteiger partial charge >= 0.3 is 0 Å². The van der Waals surface area contributed by atoms with Crippen LogP contribution >= 0.6 is 0 Å². The van der Waals surface area contributed by atoms with Crippen molar-refractivity contribution in [2.45, 2.75) is 53.4 Å². The third kappa shape index (κ3) is 2.98. The van der Waals surface area contributed by atoms with Crippen molar-refractivity contribution >= 4 is 0 Å². The first-order valence-electron chi connectivity index (χ1n) is 6.25. The van der Waals surface area contributed by atoms with Gasteiger partial charge in [0.1, 0.15) is 0 Å². The molecule has 0 nitrogen and oxygen atoms in total. The SMILES string of the molecule is C=CCCCCc1c(C)cc(C)c(C)c1C. The fraction of sp³-hybridized carbons (Fsp3) is 0.500. The second-order valence-electron chi connectivity index (χ2n) is 4.77. The van der Waals surface area contributed by atoms with Crippen LogP contribution in [0.2, 0.25) is 0 Å². The molecule has 88 valence electrons. The molecule has 0 unspecified atom stereocenters. The van der Waals surface area contributed by atoms with Crippen molar-refractivity contribution in [1.82, 2.24) is 0 Å². The van der Waals surface area contributed by atoms with Crippen molar-refractivity contribution in [2.75, 3.05) is 0 Å². The number of hydrogen-bond acceptors (Lipinski definition) is 0. The van der Waals surface area contributed by atoms with Crippen LogP contribution in [0.4, 0.5) is 0 Å². The smallest absolute Gasteiger partial charge is 0.0273 e.